The van der Waals surface area contributed by atoms with E-state index in [1.165, 1.54) is 24.9 Å². The van der Waals surface area contributed by atoms with Gasteiger partial charge in [0.2, 0.25) is 5.95 Å². The molecule has 0 aromatic carbocycles. The lowest BCUT2D eigenvalue weighted by molar-refractivity contribution is -0.139. The van der Waals surface area contributed by atoms with Gasteiger partial charge < -0.3 is 15.4 Å². The van der Waals surface area contributed by atoms with Crippen molar-refractivity contribution in [3.63, 3.8) is 0 Å². The van der Waals surface area contributed by atoms with Crippen molar-refractivity contribution in [2.75, 3.05) is 5.32 Å². The first-order valence-electron chi connectivity index (χ1n) is 5.70. The van der Waals surface area contributed by atoms with Gasteiger partial charge in [-0.05, 0) is 6.07 Å². The largest absolute Gasteiger partial charge is 0.480 e. The predicted octanol–water partition coefficient (Wildman–Crippen LogP) is 0.0171. The summed E-state index contributed by atoms with van der Waals surface area (Å²) in [6.45, 7) is 0. The van der Waals surface area contributed by atoms with Gasteiger partial charge in [-0.15, -0.1) is 0 Å². The normalized spacial score (nSPS) is 11.6. The van der Waals surface area contributed by atoms with E-state index in [0.717, 1.165) is 0 Å². The fraction of sp³-hybridized carbons (Fsp3) is 0.182. The van der Waals surface area contributed by atoms with E-state index in [4.69, 9.17) is 5.11 Å². The first kappa shape index (κ1) is 13.5. The summed E-state index contributed by atoms with van der Waals surface area (Å²) in [4.78, 5) is 36.9. The summed E-state index contributed by atoms with van der Waals surface area (Å²) >= 11 is 0. The lowest BCUT2D eigenvalue weighted by Crippen LogP contribution is -2.44. The first-order chi connectivity index (χ1) is 9.65. The molecule has 0 saturated heterocycles. The van der Waals surface area contributed by atoms with Crippen molar-refractivity contribution < 1.29 is 14.7 Å². The molecule has 2 rings (SSSR count). The Hall–Kier alpha value is -2.97. The summed E-state index contributed by atoms with van der Waals surface area (Å²) in [5, 5.41) is 13.8. The van der Waals surface area contributed by atoms with E-state index in [1.54, 1.807) is 6.07 Å². The molecule has 0 fully saturated rings. The summed E-state index contributed by atoms with van der Waals surface area (Å²) in [6.07, 6.45) is 5.95. The van der Waals surface area contributed by atoms with Gasteiger partial charge in [-0.25, -0.2) is 24.5 Å². The molecular formula is C11H12N6O3. The van der Waals surface area contributed by atoms with Gasteiger partial charge in [-0.3, -0.25) is 5.32 Å². The van der Waals surface area contributed by atoms with Crippen LogP contribution in [0.4, 0.5) is 10.7 Å². The second-order valence-corrected chi connectivity index (χ2v) is 3.84. The predicted molar refractivity (Wildman–Crippen MR) is 67.9 cm³/mol. The Labute approximate surface area is 113 Å². The Kier molecular flexibility index (Phi) is 4.22. The quantitative estimate of drug-likeness (QED) is 0.608. The zero-order valence-electron chi connectivity index (χ0n) is 10.3. The summed E-state index contributed by atoms with van der Waals surface area (Å²) in [5.41, 5.74) is 0.605. The van der Waals surface area contributed by atoms with Gasteiger partial charge >= 0.3 is 12.0 Å². The number of imidazole rings is 1. The molecule has 2 aromatic rings. The monoisotopic (exact) mass is 276 g/mol. The number of rotatable bonds is 5. The van der Waals surface area contributed by atoms with E-state index in [-0.39, 0.29) is 12.4 Å². The number of nitrogens with one attached hydrogen (secondary N) is 3. The summed E-state index contributed by atoms with van der Waals surface area (Å²) < 4.78 is 0. The highest BCUT2D eigenvalue weighted by Gasteiger charge is 2.21. The van der Waals surface area contributed by atoms with Crippen LogP contribution in [0.2, 0.25) is 0 Å². The van der Waals surface area contributed by atoms with Crippen molar-refractivity contribution in [2.45, 2.75) is 12.5 Å². The molecule has 1 atom stereocenters. The molecular weight excluding hydrogens is 264 g/mol. The third-order valence-electron chi connectivity index (χ3n) is 2.37. The molecule has 0 unspecified atom stereocenters. The van der Waals surface area contributed by atoms with Gasteiger partial charge in [0.15, 0.2) is 0 Å². The van der Waals surface area contributed by atoms with Crippen LogP contribution in [0.5, 0.6) is 0 Å². The second-order valence-electron chi connectivity index (χ2n) is 3.84. The fourth-order valence-electron chi connectivity index (χ4n) is 1.48. The fourth-order valence-corrected chi connectivity index (χ4v) is 1.48. The molecule has 0 aliphatic heterocycles. The lowest BCUT2D eigenvalue weighted by Gasteiger charge is -2.13. The maximum atomic E-state index is 11.7. The molecule has 0 spiro atoms. The van der Waals surface area contributed by atoms with E-state index in [9.17, 15) is 9.59 Å². The Bertz CT molecular complexity index is 571. The van der Waals surface area contributed by atoms with Crippen LogP contribution in [0, 0.1) is 0 Å². The number of aliphatic carboxylic acids is 1. The summed E-state index contributed by atoms with van der Waals surface area (Å²) in [7, 11) is 0. The van der Waals surface area contributed by atoms with Crippen molar-refractivity contribution in [2.24, 2.45) is 0 Å². The zero-order valence-corrected chi connectivity index (χ0v) is 10.3. The van der Waals surface area contributed by atoms with E-state index >= 15 is 0 Å². The number of nitrogens with zero attached hydrogens (tertiary/aromatic N) is 3. The van der Waals surface area contributed by atoms with Crippen LogP contribution in [-0.2, 0) is 11.2 Å². The number of aromatic nitrogens is 4. The molecule has 2 heterocycles. The Morgan fingerprint density at radius 3 is 2.70 bits per heavy atom. The minimum atomic E-state index is -1.15. The number of hydrogen-bond acceptors (Lipinski definition) is 5. The molecule has 2 amide bonds. The van der Waals surface area contributed by atoms with Crippen molar-refractivity contribution in [1.29, 1.82) is 0 Å². The standard InChI is InChI=1S/C11H12N6O3/c18-9(19)8(4-7-5-12-6-15-7)16-11(20)17-10-13-2-1-3-14-10/h1-3,5-6,8H,4H2,(H,12,15)(H,18,19)(H2,13,14,16,17,20)/t8-/m0/s1. The number of hydrogen-bond donors (Lipinski definition) is 4. The molecule has 9 heteroatoms. The molecule has 0 bridgehead atoms. The van der Waals surface area contributed by atoms with Crippen molar-refractivity contribution in [3.05, 3.63) is 36.7 Å². The summed E-state index contributed by atoms with van der Waals surface area (Å²) in [5.74, 6) is -1.06. The number of carbonyl (C=O) groups is 2. The smallest absolute Gasteiger partial charge is 0.326 e. The van der Waals surface area contributed by atoms with Crippen LogP contribution in [0.25, 0.3) is 0 Å². The Morgan fingerprint density at radius 1 is 1.35 bits per heavy atom. The second kappa shape index (κ2) is 6.27. The first-order valence-corrected chi connectivity index (χ1v) is 5.70. The number of carbonyl (C=O) groups excluding carboxylic acids is 1. The number of amides is 2. The topological polar surface area (TPSA) is 133 Å². The number of aromatic amines is 1. The number of carboxylic acid groups (broad SMARTS) is 1. The van der Waals surface area contributed by atoms with Gasteiger partial charge in [-0.2, -0.15) is 0 Å². The number of carboxylic acids is 1. The molecule has 20 heavy (non-hydrogen) atoms. The maximum Gasteiger partial charge on any atom is 0.326 e. The van der Waals surface area contributed by atoms with Crippen molar-refractivity contribution in [3.8, 4) is 0 Å². The highest BCUT2D eigenvalue weighted by molar-refractivity contribution is 5.90. The molecule has 9 nitrogen and oxygen atoms in total. The third-order valence-corrected chi connectivity index (χ3v) is 2.37. The van der Waals surface area contributed by atoms with Gasteiger partial charge in [0.05, 0.1) is 6.33 Å². The molecule has 0 saturated carbocycles. The highest BCUT2D eigenvalue weighted by atomic mass is 16.4. The summed E-state index contributed by atoms with van der Waals surface area (Å²) in [6, 6.07) is -0.177. The number of anilines is 1. The van der Waals surface area contributed by atoms with Crippen LogP contribution in [0.15, 0.2) is 31.0 Å². The Balaban J connectivity index is 1.94. The average molecular weight is 276 g/mol. The van der Waals surface area contributed by atoms with E-state index < -0.39 is 18.0 Å². The molecule has 0 aliphatic carbocycles. The third kappa shape index (κ3) is 3.77. The molecule has 104 valence electrons. The van der Waals surface area contributed by atoms with Crippen LogP contribution >= 0.6 is 0 Å². The van der Waals surface area contributed by atoms with Gasteiger partial charge in [-0.1, -0.05) is 0 Å². The molecule has 4 N–H and O–H groups in total. The molecule has 2 aromatic heterocycles. The molecule has 0 radical (unpaired) electrons. The number of urea groups is 1. The van der Waals surface area contributed by atoms with E-state index in [1.807, 2.05) is 0 Å². The highest BCUT2D eigenvalue weighted by Crippen LogP contribution is 2.00. The van der Waals surface area contributed by atoms with Gasteiger partial charge in [0.1, 0.15) is 6.04 Å². The van der Waals surface area contributed by atoms with Crippen LogP contribution in [-0.4, -0.2) is 43.1 Å². The van der Waals surface area contributed by atoms with E-state index in [2.05, 4.69) is 30.6 Å². The number of H-pyrrole nitrogens is 1. The maximum absolute atomic E-state index is 11.7. The average Bonchev–Trinajstić information content (AvgIpc) is 2.92. The SMILES string of the molecule is O=C(Nc1ncccn1)N[C@@H](Cc1cnc[nH]1)C(=O)O. The lowest BCUT2D eigenvalue weighted by atomic mass is 10.2. The van der Waals surface area contributed by atoms with E-state index in [0.29, 0.717) is 5.69 Å². The molecule has 0 aliphatic rings. The Morgan fingerprint density at radius 2 is 2.10 bits per heavy atom. The van der Waals surface area contributed by atoms with Crippen molar-refractivity contribution in [1.82, 2.24) is 25.3 Å². The van der Waals surface area contributed by atoms with Gasteiger partial charge in [0, 0.05) is 30.7 Å². The van der Waals surface area contributed by atoms with Crippen LogP contribution < -0.4 is 10.6 Å². The van der Waals surface area contributed by atoms with Crippen LogP contribution in [0.1, 0.15) is 5.69 Å². The minimum Gasteiger partial charge on any atom is -0.480 e. The van der Waals surface area contributed by atoms with Crippen molar-refractivity contribution >= 4 is 17.9 Å². The van der Waals surface area contributed by atoms with Gasteiger partial charge in [0.25, 0.3) is 0 Å². The zero-order chi connectivity index (χ0) is 14.4. The van der Waals surface area contributed by atoms with Crippen LogP contribution in [0.3, 0.4) is 0 Å². The minimum absolute atomic E-state index is 0.0932.